The number of thiazole rings is 1. The molecule has 0 saturated heterocycles. The molecule has 0 bridgehead atoms. The molecule has 1 aromatic heterocycles. The van der Waals surface area contributed by atoms with Gasteiger partial charge in [0, 0.05) is 5.38 Å². The quantitative estimate of drug-likeness (QED) is 0.880. The molecule has 0 aliphatic carbocycles. The number of aromatic carboxylic acids is 1. The van der Waals surface area contributed by atoms with Crippen LogP contribution in [0, 0.1) is 11.3 Å². The molecule has 1 aromatic carbocycles. The Bertz CT molecular complexity index is 616. The summed E-state index contributed by atoms with van der Waals surface area (Å²) in [5, 5.41) is 22.9. The van der Waals surface area contributed by atoms with Crippen molar-refractivity contribution in [1.29, 1.82) is 5.26 Å². The van der Waals surface area contributed by atoms with Crippen LogP contribution in [0.2, 0.25) is 0 Å². The summed E-state index contributed by atoms with van der Waals surface area (Å²) in [6.07, 6.45) is 0. The maximum atomic E-state index is 10.7. The summed E-state index contributed by atoms with van der Waals surface area (Å²) in [5.41, 5.74) is 1.31. The van der Waals surface area contributed by atoms with Crippen LogP contribution in [0.1, 0.15) is 21.1 Å². The first kappa shape index (κ1) is 12.1. The average Bonchev–Trinajstić information content (AvgIpc) is 2.85. The van der Waals surface area contributed by atoms with Crippen LogP contribution in [0.15, 0.2) is 29.6 Å². The highest BCUT2D eigenvalue weighted by Gasteiger charge is 2.08. The fourth-order valence-corrected chi connectivity index (χ4v) is 2.10. The molecule has 5 nitrogen and oxygen atoms in total. The van der Waals surface area contributed by atoms with Gasteiger partial charge in [-0.1, -0.05) is 12.1 Å². The predicted molar refractivity (Wildman–Crippen MR) is 67.6 cm³/mol. The number of hydrogen-bond donors (Lipinski definition) is 2. The van der Waals surface area contributed by atoms with E-state index in [1.165, 1.54) is 16.7 Å². The molecule has 0 saturated carbocycles. The van der Waals surface area contributed by atoms with Crippen LogP contribution in [0.4, 0.5) is 5.69 Å². The minimum absolute atomic E-state index is 0.0466. The summed E-state index contributed by atoms with van der Waals surface area (Å²) in [7, 11) is 0. The second kappa shape index (κ2) is 5.29. The van der Waals surface area contributed by atoms with E-state index < -0.39 is 5.97 Å². The number of hydrogen-bond acceptors (Lipinski definition) is 5. The minimum atomic E-state index is -1.03. The first-order chi connectivity index (χ1) is 8.70. The molecule has 2 N–H and O–H groups in total. The number of rotatable bonds is 4. The summed E-state index contributed by atoms with van der Waals surface area (Å²) >= 11 is 1.27. The molecule has 2 rings (SSSR count). The third kappa shape index (κ3) is 2.64. The number of carboxylic acid groups (broad SMARTS) is 1. The highest BCUT2D eigenvalue weighted by molar-refractivity contribution is 7.09. The Hall–Kier alpha value is -2.39. The number of carboxylic acids is 1. The largest absolute Gasteiger partial charge is 0.476 e. The first-order valence-corrected chi connectivity index (χ1v) is 5.99. The second-order valence-corrected chi connectivity index (χ2v) is 4.39. The molecule has 90 valence electrons. The molecule has 0 atom stereocenters. The fourth-order valence-electron chi connectivity index (χ4n) is 1.40. The minimum Gasteiger partial charge on any atom is -0.476 e. The van der Waals surface area contributed by atoms with Gasteiger partial charge < -0.3 is 10.4 Å². The number of nitrogens with one attached hydrogen (secondary N) is 1. The molecule has 0 amide bonds. The highest BCUT2D eigenvalue weighted by Crippen LogP contribution is 2.16. The van der Waals surface area contributed by atoms with Gasteiger partial charge >= 0.3 is 5.97 Å². The van der Waals surface area contributed by atoms with E-state index in [0.29, 0.717) is 22.8 Å². The van der Waals surface area contributed by atoms with Crippen LogP contribution in [-0.4, -0.2) is 16.1 Å². The lowest BCUT2D eigenvalue weighted by atomic mass is 10.2. The summed E-state index contributed by atoms with van der Waals surface area (Å²) in [4.78, 5) is 14.6. The Morgan fingerprint density at radius 1 is 1.50 bits per heavy atom. The van der Waals surface area contributed by atoms with E-state index >= 15 is 0 Å². The Morgan fingerprint density at radius 3 is 2.94 bits per heavy atom. The van der Waals surface area contributed by atoms with Gasteiger partial charge in [0.25, 0.3) is 0 Å². The molecular weight excluding hydrogens is 250 g/mol. The first-order valence-electron chi connectivity index (χ1n) is 5.11. The van der Waals surface area contributed by atoms with E-state index in [1.807, 2.05) is 6.07 Å². The molecule has 1 heterocycles. The fraction of sp³-hybridized carbons (Fsp3) is 0.0833. The van der Waals surface area contributed by atoms with E-state index in [2.05, 4.69) is 16.4 Å². The zero-order valence-corrected chi connectivity index (χ0v) is 10.1. The van der Waals surface area contributed by atoms with Gasteiger partial charge in [0.15, 0.2) is 5.69 Å². The van der Waals surface area contributed by atoms with Gasteiger partial charge in [-0.25, -0.2) is 9.78 Å². The summed E-state index contributed by atoms with van der Waals surface area (Å²) in [6, 6.07) is 9.21. The number of benzene rings is 1. The maximum absolute atomic E-state index is 10.7. The Kier molecular flexibility index (Phi) is 3.55. The van der Waals surface area contributed by atoms with Gasteiger partial charge in [-0.15, -0.1) is 11.3 Å². The van der Waals surface area contributed by atoms with Crippen LogP contribution >= 0.6 is 11.3 Å². The van der Waals surface area contributed by atoms with E-state index in [-0.39, 0.29) is 5.69 Å². The molecule has 0 aliphatic heterocycles. The normalized spacial score (nSPS) is 9.72. The Morgan fingerprint density at radius 2 is 2.28 bits per heavy atom. The number of nitriles is 1. The molecule has 0 radical (unpaired) electrons. The van der Waals surface area contributed by atoms with Crippen molar-refractivity contribution >= 4 is 23.0 Å². The van der Waals surface area contributed by atoms with Crippen LogP contribution < -0.4 is 5.32 Å². The van der Waals surface area contributed by atoms with E-state index in [4.69, 9.17) is 10.4 Å². The average molecular weight is 259 g/mol. The van der Waals surface area contributed by atoms with Crippen LogP contribution in [0.5, 0.6) is 0 Å². The molecule has 0 fully saturated rings. The van der Waals surface area contributed by atoms with Crippen LogP contribution in [-0.2, 0) is 6.54 Å². The van der Waals surface area contributed by atoms with Gasteiger partial charge in [0.05, 0.1) is 17.8 Å². The smallest absolute Gasteiger partial charge is 0.355 e. The maximum Gasteiger partial charge on any atom is 0.355 e. The standard InChI is InChI=1S/C12H9N3O2S/c13-5-8-3-1-2-4-9(8)14-6-11-15-10(7-18-11)12(16)17/h1-4,7,14H,6H2,(H,16,17). The van der Waals surface area contributed by atoms with Crippen molar-refractivity contribution in [2.45, 2.75) is 6.54 Å². The van der Waals surface area contributed by atoms with E-state index in [9.17, 15) is 4.79 Å². The lowest BCUT2D eigenvalue weighted by molar-refractivity contribution is 0.0691. The number of aromatic nitrogens is 1. The Balaban J connectivity index is 2.07. The summed E-state index contributed by atoms with van der Waals surface area (Å²) in [6.45, 7) is 0.399. The second-order valence-electron chi connectivity index (χ2n) is 3.44. The number of anilines is 1. The summed E-state index contributed by atoms with van der Waals surface area (Å²) < 4.78 is 0. The lowest BCUT2D eigenvalue weighted by Crippen LogP contribution is -2.02. The molecule has 18 heavy (non-hydrogen) atoms. The molecule has 6 heteroatoms. The predicted octanol–water partition coefficient (Wildman–Crippen LogP) is 2.33. The highest BCUT2D eigenvalue weighted by atomic mass is 32.1. The summed E-state index contributed by atoms with van der Waals surface area (Å²) in [5.74, 6) is -1.03. The molecule has 0 aliphatic rings. The monoisotopic (exact) mass is 259 g/mol. The van der Waals surface area contributed by atoms with Crippen molar-refractivity contribution in [2.24, 2.45) is 0 Å². The van der Waals surface area contributed by atoms with Crippen molar-refractivity contribution in [3.05, 3.63) is 45.9 Å². The van der Waals surface area contributed by atoms with Gasteiger partial charge in [0.1, 0.15) is 11.1 Å². The van der Waals surface area contributed by atoms with Crippen molar-refractivity contribution in [1.82, 2.24) is 4.98 Å². The van der Waals surface area contributed by atoms with E-state index in [0.717, 1.165) is 0 Å². The van der Waals surface area contributed by atoms with Gasteiger partial charge in [-0.05, 0) is 12.1 Å². The number of para-hydroxylation sites is 1. The molecule has 0 spiro atoms. The lowest BCUT2D eigenvalue weighted by Gasteiger charge is -2.05. The van der Waals surface area contributed by atoms with Crippen molar-refractivity contribution in [3.63, 3.8) is 0 Å². The van der Waals surface area contributed by atoms with Crippen LogP contribution in [0.3, 0.4) is 0 Å². The number of nitrogens with zero attached hydrogens (tertiary/aromatic N) is 2. The topological polar surface area (TPSA) is 86.0 Å². The SMILES string of the molecule is N#Cc1ccccc1NCc1nc(C(=O)O)cs1. The number of carbonyl (C=O) groups is 1. The van der Waals surface area contributed by atoms with Crippen molar-refractivity contribution < 1.29 is 9.90 Å². The van der Waals surface area contributed by atoms with Gasteiger partial charge in [-0.3, -0.25) is 0 Å². The molecule has 0 unspecified atom stereocenters. The zero-order valence-electron chi connectivity index (χ0n) is 9.25. The molecular formula is C12H9N3O2S. The zero-order chi connectivity index (χ0) is 13.0. The third-order valence-electron chi connectivity index (χ3n) is 2.25. The van der Waals surface area contributed by atoms with Crippen molar-refractivity contribution in [3.8, 4) is 6.07 Å². The van der Waals surface area contributed by atoms with Gasteiger partial charge in [0.2, 0.25) is 0 Å². The van der Waals surface area contributed by atoms with Crippen LogP contribution in [0.25, 0.3) is 0 Å². The van der Waals surface area contributed by atoms with E-state index in [1.54, 1.807) is 18.2 Å². The third-order valence-corrected chi connectivity index (χ3v) is 3.10. The van der Waals surface area contributed by atoms with Gasteiger partial charge in [-0.2, -0.15) is 5.26 Å². The Labute approximate surface area is 107 Å². The van der Waals surface area contributed by atoms with Crippen molar-refractivity contribution in [2.75, 3.05) is 5.32 Å². The molecule has 2 aromatic rings.